The maximum absolute atomic E-state index is 5.74. The van der Waals surface area contributed by atoms with Crippen molar-refractivity contribution in [1.82, 2.24) is 9.88 Å². The van der Waals surface area contributed by atoms with Crippen LogP contribution in [-0.2, 0) is 6.54 Å². The highest BCUT2D eigenvalue weighted by Crippen LogP contribution is 2.15. The molecule has 18 heavy (non-hydrogen) atoms. The second-order valence-corrected chi connectivity index (χ2v) is 5.01. The van der Waals surface area contributed by atoms with Crippen molar-refractivity contribution in [3.05, 3.63) is 30.2 Å². The molecule has 2 rings (SSSR count). The molecule has 0 aliphatic rings. The number of aromatic nitrogens is 1. The number of oxazole rings is 1. The summed E-state index contributed by atoms with van der Waals surface area (Å²) < 4.78 is 5.31. The van der Waals surface area contributed by atoms with Gasteiger partial charge < -0.3 is 15.1 Å². The first-order chi connectivity index (χ1) is 8.65. The van der Waals surface area contributed by atoms with E-state index in [9.17, 15) is 0 Å². The first-order valence-electron chi connectivity index (χ1n) is 6.41. The largest absolute Gasteiger partial charge is 0.443 e. The van der Waals surface area contributed by atoms with Crippen LogP contribution in [-0.4, -0.2) is 29.5 Å². The van der Waals surface area contributed by atoms with Gasteiger partial charge >= 0.3 is 0 Å². The summed E-state index contributed by atoms with van der Waals surface area (Å²) in [6.07, 6.45) is 3.70. The average Bonchev–Trinajstić information content (AvgIpc) is 2.75. The second kappa shape index (κ2) is 5.98. The molecule has 1 unspecified atom stereocenters. The Morgan fingerprint density at radius 2 is 2.28 bits per heavy atom. The predicted octanol–water partition coefficient (Wildman–Crippen LogP) is 2.39. The number of nitrogens with zero attached hydrogens (tertiary/aromatic N) is 2. The molecule has 1 aromatic heterocycles. The van der Waals surface area contributed by atoms with Crippen LogP contribution in [0.15, 0.2) is 29.0 Å². The van der Waals surface area contributed by atoms with E-state index in [0.717, 1.165) is 37.0 Å². The molecule has 0 saturated carbocycles. The van der Waals surface area contributed by atoms with E-state index in [1.54, 1.807) is 0 Å². The summed E-state index contributed by atoms with van der Waals surface area (Å²) in [5.41, 5.74) is 8.77. The van der Waals surface area contributed by atoms with Crippen molar-refractivity contribution in [2.24, 2.45) is 5.73 Å². The summed E-state index contributed by atoms with van der Waals surface area (Å²) in [6.45, 7) is 4.05. The van der Waals surface area contributed by atoms with Crippen LogP contribution in [0.3, 0.4) is 0 Å². The van der Waals surface area contributed by atoms with Crippen molar-refractivity contribution in [1.29, 1.82) is 0 Å². The summed E-state index contributed by atoms with van der Waals surface area (Å²) in [6, 6.07) is 6.46. The van der Waals surface area contributed by atoms with Gasteiger partial charge in [-0.25, -0.2) is 4.98 Å². The lowest BCUT2D eigenvalue weighted by molar-refractivity contribution is 0.315. The van der Waals surface area contributed by atoms with E-state index >= 15 is 0 Å². The molecule has 1 atom stereocenters. The molecule has 98 valence electrons. The van der Waals surface area contributed by atoms with Crippen LogP contribution in [0.5, 0.6) is 0 Å². The lowest BCUT2D eigenvalue weighted by atomic mass is 10.1. The van der Waals surface area contributed by atoms with Gasteiger partial charge in [-0.15, -0.1) is 0 Å². The number of hydrogen-bond donors (Lipinski definition) is 1. The molecular weight excluding hydrogens is 226 g/mol. The van der Waals surface area contributed by atoms with Crippen LogP contribution >= 0.6 is 0 Å². The Labute approximate surface area is 108 Å². The van der Waals surface area contributed by atoms with Crippen molar-refractivity contribution in [2.45, 2.75) is 32.4 Å². The molecule has 2 aromatic rings. The molecule has 0 spiro atoms. The summed E-state index contributed by atoms with van der Waals surface area (Å²) in [4.78, 5) is 6.42. The zero-order valence-electron chi connectivity index (χ0n) is 11.1. The first kappa shape index (κ1) is 13.1. The zero-order valence-corrected chi connectivity index (χ0v) is 11.1. The Morgan fingerprint density at radius 1 is 1.44 bits per heavy atom. The van der Waals surface area contributed by atoms with Crippen LogP contribution in [0.1, 0.15) is 25.3 Å². The van der Waals surface area contributed by atoms with Crippen LogP contribution in [0.2, 0.25) is 0 Å². The lowest BCUT2D eigenvalue weighted by Gasteiger charge is -2.17. The Morgan fingerprint density at radius 3 is 3.06 bits per heavy atom. The quantitative estimate of drug-likeness (QED) is 0.851. The van der Waals surface area contributed by atoms with Crippen molar-refractivity contribution in [2.75, 3.05) is 13.6 Å². The maximum atomic E-state index is 5.74. The molecule has 0 aliphatic carbocycles. The molecular formula is C14H21N3O. The first-order valence-corrected chi connectivity index (χ1v) is 6.41. The molecule has 1 aromatic carbocycles. The highest BCUT2D eigenvalue weighted by molar-refractivity contribution is 5.72. The van der Waals surface area contributed by atoms with Gasteiger partial charge in [-0.1, -0.05) is 6.07 Å². The van der Waals surface area contributed by atoms with Gasteiger partial charge in [-0.3, -0.25) is 0 Å². The Hall–Kier alpha value is -1.39. The third-order valence-electron chi connectivity index (χ3n) is 3.05. The lowest BCUT2D eigenvalue weighted by Crippen LogP contribution is -2.22. The van der Waals surface area contributed by atoms with E-state index in [4.69, 9.17) is 10.2 Å². The minimum absolute atomic E-state index is 0.295. The van der Waals surface area contributed by atoms with E-state index in [1.165, 1.54) is 12.0 Å². The van der Waals surface area contributed by atoms with E-state index in [1.807, 2.05) is 6.07 Å². The van der Waals surface area contributed by atoms with Crippen molar-refractivity contribution in [3.8, 4) is 0 Å². The molecule has 0 bridgehead atoms. The highest BCUT2D eigenvalue weighted by atomic mass is 16.3. The van der Waals surface area contributed by atoms with E-state index < -0.39 is 0 Å². The minimum Gasteiger partial charge on any atom is -0.443 e. The Balaban J connectivity index is 1.87. The average molecular weight is 247 g/mol. The van der Waals surface area contributed by atoms with Gasteiger partial charge in [0.25, 0.3) is 0 Å². The molecule has 2 N–H and O–H groups in total. The fraction of sp³-hybridized carbons (Fsp3) is 0.500. The Kier molecular flexibility index (Phi) is 4.33. The van der Waals surface area contributed by atoms with E-state index in [2.05, 4.69) is 36.0 Å². The maximum Gasteiger partial charge on any atom is 0.181 e. The van der Waals surface area contributed by atoms with Gasteiger partial charge in [-0.05, 0) is 51.1 Å². The molecule has 4 heteroatoms. The van der Waals surface area contributed by atoms with Crippen LogP contribution in [0.4, 0.5) is 0 Å². The van der Waals surface area contributed by atoms with Gasteiger partial charge in [-0.2, -0.15) is 0 Å². The predicted molar refractivity (Wildman–Crippen MR) is 73.2 cm³/mol. The standard InChI is InChI=1S/C14H21N3O/c1-11(15)4-3-7-17(2)9-12-5-6-13-14(8-12)18-10-16-13/h5-6,8,10-11H,3-4,7,9,15H2,1-2H3. The van der Waals surface area contributed by atoms with Gasteiger partial charge in [0.05, 0.1) is 0 Å². The molecule has 1 heterocycles. The molecule has 0 radical (unpaired) electrons. The summed E-state index contributed by atoms with van der Waals surface area (Å²) >= 11 is 0. The Bertz CT molecular complexity index is 492. The van der Waals surface area contributed by atoms with Crippen LogP contribution < -0.4 is 5.73 Å². The number of rotatable bonds is 6. The van der Waals surface area contributed by atoms with E-state index in [-0.39, 0.29) is 0 Å². The third-order valence-corrected chi connectivity index (χ3v) is 3.05. The summed E-state index contributed by atoms with van der Waals surface area (Å²) in [7, 11) is 2.13. The second-order valence-electron chi connectivity index (χ2n) is 5.01. The SMILES string of the molecule is CC(N)CCCN(C)Cc1ccc2ncoc2c1. The fourth-order valence-corrected chi connectivity index (χ4v) is 2.07. The van der Waals surface area contributed by atoms with Crippen molar-refractivity contribution >= 4 is 11.1 Å². The number of nitrogens with two attached hydrogens (primary N) is 1. The molecule has 4 nitrogen and oxygen atoms in total. The minimum atomic E-state index is 0.295. The fourth-order valence-electron chi connectivity index (χ4n) is 2.07. The smallest absolute Gasteiger partial charge is 0.181 e. The molecule has 0 amide bonds. The highest BCUT2D eigenvalue weighted by Gasteiger charge is 2.04. The normalized spacial score (nSPS) is 13.3. The summed E-state index contributed by atoms with van der Waals surface area (Å²) in [5.74, 6) is 0. The van der Waals surface area contributed by atoms with Gasteiger partial charge in [0.2, 0.25) is 0 Å². The molecule has 0 saturated heterocycles. The molecule has 0 aliphatic heterocycles. The van der Waals surface area contributed by atoms with Gasteiger partial charge in [0, 0.05) is 12.6 Å². The monoisotopic (exact) mass is 247 g/mol. The van der Waals surface area contributed by atoms with E-state index in [0.29, 0.717) is 6.04 Å². The van der Waals surface area contributed by atoms with Crippen molar-refractivity contribution in [3.63, 3.8) is 0 Å². The van der Waals surface area contributed by atoms with Gasteiger partial charge in [0.15, 0.2) is 12.0 Å². The number of benzene rings is 1. The topological polar surface area (TPSA) is 55.3 Å². The van der Waals surface area contributed by atoms with Crippen LogP contribution in [0.25, 0.3) is 11.1 Å². The van der Waals surface area contributed by atoms with Crippen LogP contribution in [0, 0.1) is 0 Å². The summed E-state index contributed by atoms with van der Waals surface area (Å²) in [5, 5.41) is 0. The number of fused-ring (bicyclic) bond motifs is 1. The number of hydrogen-bond acceptors (Lipinski definition) is 4. The third kappa shape index (κ3) is 3.55. The zero-order chi connectivity index (χ0) is 13.0. The molecule has 0 fully saturated rings. The van der Waals surface area contributed by atoms with Crippen molar-refractivity contribution < 1.29 is 4.42 Å². The van der Waals surface area contributed by atoms with Gasteiger partial charge in [0.1, 0.15) is 5.52 Å².